The summed E-state index contributed by atoms with van der Waals surface area (Å²) < 4.78 is 19.2. The smallest absolute Gasteiger partial charge is 0.273 e. The molecule has 0 saturated heterocycles. The van der Waals surface area contributed by atoms with Gasteiger partial charge in [0.2, 0.25) is 0 Å². The van der Waals surface area contributed by atoms with Crippen LogP contribution in [-0.2, 0) is 20.2 Å². The van der Waals surface area contributed by atoms with Crippen molar-refractivity contribution < 1.29 is 18.7 Å². The SMILES string of the molecule is CCCOc1ccc([C@@H]2c3c(-c4ccc(OCc5ccc(C)cc5)cc4)nn(C)c3C(=O)N2Cc2ccco2)cc1. The largest absolute Gasteiger partial charge is 0.494 e. The van der Waals surface area contributed by atoms with E-state index in [4.69, 9.17) is 19.0 Å². The molecule has 1 amide bonds. The highest BCUT2D eigenvalue weighted by atomic mass is 16.5. The Hall–Kier alpha value is -4.78. The molecule has 5 aromatic rings. The number of furan rings is 1. The number of hydrogen-bond acceptors (Lipinski definition) is 5. The maximum atomic E-state index is 13.9. The molecule has 0 bridgehead atoms. The van der Waals surface area contributed by atoms with E-state index in [0.29, 0.717) is 25.5 Å². The Labute approximate surface area is 239 Å². The molecule has 0 fully saturated rings. The lowest BCUT2D eigenvalue weighted by Gasteiger charge is -2.26. The maximum Gasteiger partial charge on any atom is 0.273 e. The lowest BCUT2D eigenvalue weighted by molar-refractivity contribution is 0.0713. The molecule has 0 aliphatic carbocycles. The van der Waals surface area contributed by atoms with Gasteiger partial charge in [0, 0.05) is 18.2 Å². The molecule has 1 aliphatic rings. The van der Waals surface area contributed by atoms with Gasteiger partial charge in [-0.15, -0.1) is 0 Å². The van der Waals surface area contributed by atoms with Crippen LogP contribution in [-0.4, -0.2) is 27.2 Å². The van der Waals surface area contributed by atoms with E-state index in [9.17, 15) is 4.79 Å². The standard InChI is InChI=1S/C34H33N3O4/c1-4-19-39-27-17-13-26(14-18-27)32-30-31(35-36(3)33(30)34(38)37(32)21-29-6-5-20-40-29)25-11-15-28(16-12-25)41-22-24-9-7-23(2)8-10-24/h5-18,20,32H,4,19,21-22H2,1-3H3/t32-/m1/s1. The normalized spacial score (nSPS) is 14.4. The molecule has 7 heteroatoms. The predicted octanol–water partition coefficient (Wildman–Crippen LogP) is 7.10. The van der Waals surface area contributed by atoms with E-state index in [2.05, 4.69) is 38.1 Å². The van der Waals surface area contributed by atoms with E-state index in [-0.39, 0.29) is 11.9 Å². The number of aromatic nitrogens is 2. The number of carbonyl (C=O) groups is 1. The minimum atomic E-state index is -0.330. The zero-order valence-corrected chi connectivity index (χ0v) is 23.5. The summed E-state index contributed by atoms with van der Waals surface area (Å²) in [6, 6.07) is 27.7. The van der Waals surface area contributed by atoms with Gasteiger partial charge in [-0.05, 0) is 73.0 Å². The Morgan fingerprint density at radius 1 is 0.902 bits per heavy atom. The van der Waals surface area contributed by atoms with Crippen LogP contribution in [0, 0.1) is 6.92 Å². The Bertz CT molecular complexity index is 1620. The van der Waals surface area contributed by atoms with Gasteiger partial charge in [-0.3, -0.25) is 9.48 Å². The second kappa shape index (κ2) is 11.4. The van der Waals surface area contributed by atoms with Crippen LogP contribution in [0.25, 0.3) is 11.3 Å². The lowest BCUT2D eigenvalue weighted by atomic mass is 9.96. The molecular formula is C34H33N3O4. The Morgan fingerprint density at radius 3 is 2.29 bits per heavy atom. The van der Waals surface area contributed by atoms with Crippen molar-refractivity contribution in [2.45, 2.75) is 39.5 Å². The summed E-state index contributed by atoms with van der Waals surface area (Å²) in [6.07, 6.45) is 2.57. The topological polar surface area (TPSA) is 69.7 Å². The number of hydrogen-bond donors (Lipinski definition) is 0. The fourth-order valence-electron chi connectivity index (χ4n) is 5.28. The first-order valence-electron chi connectivity index (χ1n) is 13.9. The number of aryl methyl sites for hydroxylation is 2. The molecule has 0 unspecified atom stereocenters. The van der Waals surface area contributed by atoms with E-state index in [0.717, 1.165) is 51.6 Å². The van der Waals surface area contributed by atoms with Crippen LogP contribution in [0.15, 0.2) is 95.6 Å². The van der Waals surface area contributed by atoms with Crippen LogP contribution in [0.4, 0.5) is 0 Å². The van der Waals surface area contributed by atoms with Crippen LogP contribution in [0.1, 0.15) is 57.9 Å². The van der Waals surface area contributed by atoms with E-state index in [1.807, 2.05) is 72.6 Å². The fraction of sp³-hybridized carbons (Fsp3) is 0.235. The van der Waals surface area contributed by atoms with Crippen molar-refractivity contribution in [3.63, 3.8) is 0 Å². The number of amides is 1. The third kappa shape index (κ3) is 5.35. The number of fused-ring (bicyclic) bond motifs is 1. The molecule has 3 aromatic carbocycles. The maximum absolute atomic E-state index is 13.9. The third-order valence-corrected chi connectivity index (χ3v) is 7.36. The molecule has 41 heavy (non-hydrogen) atoms. The van der Waals surface area contributed by atoms with Gasteiger partial charge in [-0.2, -0.15) is 5.10 Å². The zero-order valence-electron chi connectivity index (χ0n) is 23.5. The highest BCUT2D eigenvalue weighted by molar-refractivity contribution is 6.00. The minimum absolute atomic E-state index is 0.0768. The number of carbonyl (C=O) groups excluding carboxylic acids is 1. The van der Waals surface area contributed by atoms with Crippen LogP contribution in [0.3, 0.4) is 0 Å². The highest BCUT2D eigenvalue weighted by Gasteiger charge is 2.43. The van der Waals surface area contributed by atoms with Gasteiger partial charge in [0.25, 0.3) is 5.91 Å². The average Bonchev–Trinajstić information content (AvgIpc) is 3.70. The van der Waals surface area contributed by atoms with Crippen molar-refractivity contribution in [3.8, 4) is 22.8 Å². The Kier molecular flexibility index (Phi) is 7.33. The molecule has 7 nitrogen and oxygen atoms in total. The predicted molar refractivity (Wildman–Crippen MR) is 157 cm³/mol. The molecule has 0 radical (unpaired) electrons. The summed E-state index contributed by atoms with van der Waals surface area (Å²) in [7, 11) is 1.83. The van der Waals surface area contributed by atoms with Crippen molar-refractivity contribution in [2.75, 3.05) is 6.61 Å². The summed E-state index contributed by atoms with van der Waals surface area (Å²) in [4.78, 5) is 15.7. The molecule has 1 atom stereocenters. The van der Waals surface area contributed by atoms with E-state index in [1.54, 1.807) is 10.9 Å². The molecule has 0 saturated carbocycles. The van der Waals surface area contributed by atoms with Gasteiger partial charge in [-0.25, -0.2) is 0 Å². The van der Waals surface area contributed by atoms with Gasteiger partial charge in [-0.1, -0.05) is 48.9 Å². The van der Waals surface area contributed by atoms with Crippen LogP contribution < -0.4 is 9.47 Å². The van der Waals surface area contributed by atoms with Crippen molar-refractivity contribution in [1.82, 2.24) is 14.7 Å². The molecular weight excluding hydrogens is 514 g/mol. The van der Waals surface area contributed by atoms with Gasteiger partial charge in [0.05, 0.1) is 31.2 Å². The van der Waals surface area contributed by atoms with E-state index < -0.39 is 0 Å². The lowest BCUT2D eigenvalue weighted by Crippen LogP contribution is -2.29. The first-order chi connectivity index (χ1) is 20.0. The van der Waals surface area contributed by atoms with Crippen LogP contribution in [0.5, 0.6) is 11.5 Å². The molecule has 0 spiro atoms. The molecule has 3 heterocycles. The highest BCUT2D eigenvalue weighted by Crippen LogP contribution is 2.44. The summed E-state index contributed by atoms with van der Waals surface area (Å²) in [6.45, 7) is 5.66. The molecule has 0 N–H and O–H groups in total. The quantitative estimate of drug-likeness (QED) is 0.187. The van der Waals surface area contributed by atoms with Crippen LogP contribution in [0.2, 0.25) is 0 Å². The summed E-state index contributed by atoms with van der Waals surface area (Å²) in [5.41, 5.74) is 6.50. The number of ether oxygens (including phenoxy) is 2. The van der Waals surface area contributed by atoms with Crippen molar-refractivity contribution in [3.05, 3.63) is 125 Å². The molecule has 208 valence electrons. The van der Waals surface area contributed by atoms with Crippen molar-refractivity contribution in [1.29, 1.82) is 0 Å². The van der Waals surface area contributed by atoms with Gasteiger partial charge in [0.1, 0.15) is 29.6 Å². The van der Waals surface area contributed by atoms with E-state index >= 15 is 0 Å². The monoisotopic (exact) mass is 547 g/mol. The second-order valence-electron chi connectivity index (χ2n) is 10.4. The van der Waals surface area contributed by atoms with Crippen molar-refractivity contribution >= 4 is 5.91 Å². The van der Waals surface area contributed by atoms with Crippen molar-refractivity contribution in [2.24, 2.45) is 7.05 Å². The first-order valence-corrected chi connectivity index (χ1v) is 13.9. The van der Waals surface area contributed by atoms with Gasteiger partial charge in [0.15, 0.2) is 0 Å². The first kappa shape index (κ1) is 26.4. The number of benzene rings is 3. The average molecular weight is 548 g/mol. The van der Waals surface area contributed by atoms with Crippen LogP contribution >= 0.6 is 0 Å². The summed E-state index contributed by atoms with van der Waals surface area (Å²) in [5, 5.41) is 4.83. The molecule has 6 rings (SSSR count). The molecule has 1 aliphatic heterocycles. The Balaban J connectivity index is 1.33. The Morgan fingerprint density at radius 2 is 1.61 bits per heavy atom. The summed E-state index contributed by atoms with van der Waals surface area (Å²) in [5.74, 6) is 2.23. The van der Waals surface area contributed by atoms with E-state index in [1.165, 1.54) is 5.56 Å². The van der Waals surface area contributed by atoms with Gasteiger partial charge >= 0.3 is 0 Å². The number of nitrogens with zero attached hydrogens (tertiary/aromatic N) is 3. The second-order valence-corrected chi connectivity index (χ2v) is 10.4. The number of rotatable bonds is 10. The third-order valence-electron chi connectivity index (χ3n) is 7.36. The summed E-state index contributed by atoms with van der Waals surface area (Å²) >= 11 is 0. The fourth-order valence-corrected chi connectivity index (χ4v) is 5.28. The minimum Gasteiger partial charge on any atom is -0.494 e. The molecule has 2 aromatic heterocycles. The zero-order chi connectivity index (χ0) is 28.3. The van der Waals surface area contributed by atoms with Gasteiger partial charge < -0.3 is 18.8 Å².